The van der Waals surface area contributed by atoms with Gasteiger partial charge in [0.15, 0.2) is 0 Å². The van der Waals surface area contributed by atoms with Gasteiger partial charge in [0, 0.05) is 18.6 Å². The predicted octanol–water partition coefficient (Wildman–Crippen LogP) is 0.855. The molecule has 2 aromatic heterocycles. The highest BCUT2D eigenvalue weighted by atomic mass is 15.7. The smallest absolute Gasteiger partial charge is 0.246 e. The van der Waals surface area contributed by atoms with Gasteiger partial charge in [-0.3, -0.25) is 10.4 Å². The zero-order valence-electron chi connectivity index (χ0n) is 7.75. The van der Waals surface area contributed by atoms with Crippen LogP contribution in [0.2, 0.25) is 0 Å². The van der Waals surface area contributed by atoms with Gasteiger partial charge in [0.05, 0.1) is 17.6 Å². The molecule has 0 amide bonds. The van der Waals surface area contributed by atoms with Gasteiger partial charge in [0.25, 0.3) is 0 Å². The molecular formula is C9H8N6. The Balaban J connectivity index is 2.05. The number of hydrogen-bond donors (Lipinski definition) is 2. The number of pyridine rings is 1. The normalized spacial score (nSPS) is 13.5. The molecule has 3 heterocycles. The van der Waals surface area contributed by atoms with E-state index in [2.05, 4.69) is 25.9 Å². The number of nitrogens with zero attached hydrogens (tertiary/aromatic N) is 4. The zero-order valence-corrected chi connectivity index (χ0v) is 7.75. The molecule has 1 aliphatic rings. The van der Waals surface area contributed by atoms with Crippen molar-refractivity contribution in [2.45, 2.75) is 0 Å². The number of aromatic nitrogens is 3. The Morgan fingerprint density at radius 2 is 2.00 bits per heavy atom. The molecule has 6 heteroatoms. The van der Waals surface area contributed by atoms with Crippen LogP contribution in [0.25, 0.3) is 0 Å². The van der Waals surface area contributed by atoms with E-state index < -0.39 is 0 Å². The predicted molar refractivity (Wildman–Crippen MR) is 55.2 cm³/mol. The fourth-order valence-corrected chi connectivity index (χ4v) is 1.42. The van der Waals surface area contributed by atoms with Gasteiger partial charge in [-0.05, 0) is 12.1 Å². The summed E-state index contributed by atoms with van der Waals surface area (Å²) in [6.45, 7) is 0. The van der Waals surface area contributed by atoms with Gasteiger partial charge in [-0.2, -0.15) is 0 Å². The third kappa shape index (κ3) is 1.27. The largest absolute Gasteiger partial charge is 0.300 e. The number of rotatable bonds is 1. The van der Waals surface area contributed by atoms with E-state index in [4.69, 9.17) is 0 Å². The molecule has 0 bridgehead atoms. The van der Waals surface area contributed by atoms with Crippen LogP contribution in [-0.4, -0.2) is 15.0 Å². The Labute approximate surface area is 85.9 Å². The molecular weight excluding hydrogens is 192 g/mol. The average molecular weight is 200 g/mol. The second-order valence-corrected chi connectivity index (χ2v) is 3.01. The molecule has 3 rings (SSSR count). The lowest BCUT2D eigenvalue weighted by molar-refractivity contribution is 0.823. The van der Waals surface area contributed by atoms with Crippen LogP contribution in [0, 0.1) is 0 Å². The summed E-state index contributed by atoms with van der Waals surface area (Å²) in [6, 6.07) is 3.67. The first-order chi connectivity index (χ1) is 7.45. The fraction of sp³-hybridized carbons (Fsp3) is 0. The Hall–Kier alpha value is -2.21. The average Bonchev–Trinajstić information content (AvgIpc) is 2.74. The maximum absolute atomic E-state index is 4.15. The summed E-state index contributed by atoms with van der Waals surface area (Å²) < 4.78 is 0. The van der Waals surface area contributed by atoms with E-state index in [0.29, 0.717) is 5.95 Å². The molecule has 0 radical (unpaired) electrons. The van der Waals surface area contributed by atoms with Crippen molar-refractivity contribution < 1.29 is 0 Å². The van der Waals surface area contributed by atoms with Crippen LogP contribution in [0.1, 0.15) is 0 Å². The SMILES string of the molecule is c1cnc(N2NNc3cnccc32)nc1. The lowest BCUT2D eigenvalue weighted by Gasteiger charge is -2.14. The molecule has 1 aliphatic heterocycles. The highest BCUT2D eigenvalue weighted by Gasteiger charge is 2.21. The molecule has 2 N–H and O–H groups in total. The Kier molecular flexibility index (Phi) is 1.72. The molecule has 0 saturated heterocycles. The first kappa shape index (κ1) is 8.13. The first-order valence-electron chi connectivity index (χ1n) is 4.48. The molecule has 0 spiro atoms. The summed E-state index contributed by atoms with van der Waals surface area (Å²) in [5, 5.41) is 1.76. The molecule has 0 fully saturated rings. The highest BCUT2D eigenvalue weighted by molar-refractivity contribution is 5.75. The Morgan fingerprint density at radius 1 is 1.13 bits per heavy atom. The summed E-state index contributed by atoms with van der Waals surface area (Å²) in [4.78, 5) is 12.3. The summed E-state index contributed by atoms with van der Waals surface area (Å²) in [5.74, 6) is 0.593. The van der Waals surface area contributed by atoms with Crippen molar-refractivity contribution in [2.75, 3.05) is 10.4 Å². The molecule has 0 saturated carbocycles. The van der Waals surface area contributed by atoms with Crippen LogP contribution >= 0.6 is 0 Å². The minimum Gasteiger partial charge on any atom is -0.300 e. The van der Waals surface area contributed by atoms with Crippen LogP contribution in [0.5, 0.6) is 0 Å². The van der Waals surface area contributed by atoms with E-state index in [0.717, 1.165) is 11.4 Å². The van der Waals surface area contributed by atoms with E-state index in [1.54, 1.807) is 35.9 Å². The third-order valence-electron chi connectivity index (χ3n) is 2.09. The number of hydrazine groups is 2. The van der Waals surface area contributed by atoms with E-state index in [1.165, 1.54) is 0 Å². The van der Waals surface area contributed by atoms with Crippen LogP contribution < -0.4 is 16.0 Å². The summed E-state index contributed by atoms with van der Waals surface area (Å²) in [5.41, 5.74) is 7.80. The van der Waals surface area contributed by atoms with Gasteiger partial charge < -0.3 is 0 Å². The highest BCUT2D eigenvalue weighted by Crippen LogP contribution is 2.30. The van der Waals surface area contributed by atoms with Crippen molar-refractivity contribution in [3.63, 3.8) is 0 Å². The molecule has 0 unspecified atom stereocenters. The number of fused-ring (bicyclic) bond motifs is 1. The number of nitrogens with one attached hydrogen (secondary N) is 2. The van der Waals surface area contributed by atoms with Crippen LogP contribution in [0.4, 0.5) is 17.3 Å². The maximum atomic E-state index is 4.15. The van der Waals surface area contributed by atoms with E-state index in [1.807, 2.05) is 6.07 Å². The van der Waals surface area contributed by atoms with Gasteiger partial charge >= 0.3 is 0 Å². The third-order valence-corrected chi connectivity index (χ3v) is 2.09. The quantitative estimate of drug-likeness (QED) is 0.711. The standard InChI is InChI=1S/C9H8N6/c1-3-11-9(12-4-1)15-8-2-5-10-6-7(8)13-14-15/h1-6,13-14H. The fourth-order valence-electron chi connectivity index (χ4n) is 1.42. The minimum absolute atomic E-state index is 0.593. The monoisotopic (exact) mass is 200 g/mol. The van der Waals surface area contributed by atoms with E-state index in [9.17, 15) is 0 Å². The van der Waals surface area contributed by atoms with Gasteiger partial charge in [0.2, 0.25) is 5.95 Å². The molecule has 6 nitrogen and oxygen atoms in total. The molecule has 2 aromatic rings. The molecule has 0 aliphatic carbocycles. The van der Waals surface area contributed by atoms with Gasteiger partial charge in [-0.25, -0.2) is 15.0 Å². The topological polar surface area (TPSA) is 66.0 Å². The van der Waals surface area contributed by atoms with Gasteiger partial charge in [0.1, 0.15) is 0 Å². The van der Waals surface area contributed by atoms with Crippen molar-refractivity contribution >= 4 is 17.3 Å². The molecule has 0 aromatic carbocycles. The molecule has 15 heavy (non-hydrogen) atoms. The first-order valence-corrected chi connectivity index (χ1v) is 4.48. The number of hydrogen-bond acceptors (Lipinski definition) is 6. The Bertz CT molecular complexity index is 471. The van der Waals surface area contributed by atoms with Crippen LogP contribution in [-0.2, 0) is 0 Å². The number of anilines is 3. The van der Waals surface area contributed by atoms with Gasteiger partial charge in [-0.15, -0.1) is 5.53 Å². The lowest BCUT2D eigenvalue weighted by Crippen LogP contribution is -2.32. The molecule has 0 atom stereocenters. The van der Waals surface area contributed by atoms with Crippen LogP contribution in [0.3, 0.4) is 0 Å². The summed E-state index contributed by atoms with van der Waals surface area (Å²) in [6.07, 6.45) is 6.86. The van der Waals surface area contributed by atoms with E-state index in [-0.39, 0.29) is 0 Å². The second kappa shape index (κ2) is 3.18. The van der Waals surface area contributed by atoms with Crippen molar-refractivity contribution in [3.05, 3.63) is 36.9 Å². The second-order valence-electron chi connectivity index (χ2n) is 3.01. The van der Waals surface area contributed by atoms with Crippen LogP contribution in [0.15, 0.2) is 36.9 Å². The van der Waals surface area contributed by atoms with Crippen molar-refractivity contribution in [1.29, 1.82) is 0 Å². The lowest BCUT2D eigenvalue weighted by atomic mass is 10.3. The summed E-state index contributed by atoms with van der Waals surface area (Å²) in [7, 11) is 0. The van der Waals surface area contributed by atoms with Gasteiger partial charge in [-0.1, -0.05) is 0 Å². The maximum Gasteiger partial charge on any atom is 0.246 e. The van der Waals surface area contributed by atoms with Crippen molar-refractivity contribution in [1.82, 2.24) is 20.5 Å². The minimum atomic E-state index is 0.593. The summed E-state index contributed by atoms with van der Waals surface area (Å²) >= 11 is 0. The van der Waals surface area contributed by atoms with E-state index >= 15 is 0 Å². The Morgan fingerprint density at radius 3 is 2.87 bits per heavy atom. The van der Waals surface area contributed by atoms with Crippen molar-refractivity contribution in [2.24, 2.45) is 0 Å². The van der Waals surface area contributed by atoms with Crippen molar-refractivity contribution in [3.8, 4) is 0 Å². The zero-order chi connectivity index (χ0) is 10.1. The molecule has 74 valence electrons.